The van der Waals surface area contributed by atoms with Crippen molar-refractivity contribution in [1.82, 2.24) is 20.4 Å². The first kappa shape index (κ1) is 20.4. The lowest BCUT2D eigenvalue weighted by Gasteiger charge is -2.22. The largest absolute Gasteiger partial charge is 0.497 e. The lowest BCUT2D eigenvalue weighted by Crippen LogP contribution is -2.37. The van der Waals surface area contributed by atoms with Crippen LogP contribution in [0.5, 0.6) is 5.75 Å². The summed E-state index contributed by atoms with van der Waals surface area (Å²) in [4.78, 5) is 21.0. The van der Waals surface area contributed by atoms with Gasteiger partial charge in [0, 0.05) is 17.8 Å². The van der Waals surface area contributed by atoms with E-state index >= 15 is 0 Å². The number of methoxy groups -OCH3 is 1. The number of hydrogen-bond acceptors (Lipinski definition) is 7. The van der Waals surface area contributed by atoms with Crippen molar-refractivity contribution in [2.75, 3.05) is 12.9 Å². The summed E-state index contributed by atoms with van der Waals surface area (Å²) >= 11 is 1.42. The summed E-state index contributed by atoms with van der Waals surface area (Å²) in [7, 11) is 1.62. The highest BCUT2D eigenvalue weighted by Crippen LogP contribution is 2.25. The van der Waals surface area contributed by atoms with Gasteiger partial charge in [-0.25, -0.2) is 4.98 Å². The second kappa shape index (κ2) is 9.75. The molecule has 1 aliphatic carbocycles. The Bertz CT molecular complexity index is 967. The summed E-state index contributed by atoms with van der Waals surface area (Å²) in [5.74, 6) is 2.11. The van der Waals surface area contributed by atoms with Gasteiger partial charge < -0.3 is 14.6 Å². The summed E-state index contributed by atoms with van der Waals surface area (Å²) in [6.45, 7) is 0. The van der Waals surface area contributed by atoms with E-state index in [1.54, 1.807) is 13.3 Å². The lowest BCUT2D eigenvalue weighted by atomic mass is 9.95. The van der Waals surface area contributed by atoms with Crippen LogP contribution in [-0.4, -0.2) is 39.9 Å². The Morgan fingerprint density at radius 3 is 2.60 bits per heavy atom. The van der Waals surface area contributed by atoms with Crippen molar-refractivity contribution in [3.63, 3.8) is 0 Å². The molecule has 1 aromatic carbocycles. The van der Waals surface area contributed by atoms with Gasteiger partial charge in [-0.15, -0.1) is 0 Å². The normalized spacial score (nSPS) is 14.4. The first-order valence-electron chi connectivity index (χ1n) is 10.1. The van der Waals surface area contributed by atoms with Gasteiger partial charge in [0.05, 0.1) is 23.5 Å². The van der Waals surface area contributed by atoms with Crippen LogP contribution in [0.15, 0.2) is 52.1 Å². The molecule has 7 nitrogen and oxygen atoms in total. The molecular formula is C22H24N4O3S. The van der Waals surface area contributed by atoms with E-state index in [0.29, 0.717) is 23.5 Å². The molecule has 0 saturated heterocycles. The molecule has 1 fully saturated rings. The molecule has 0 atom stereocenters. The molecule has 1 N–H and O–H groups in total. The van der Waals surface area contributed by atoms with E-state index in [-0.39, 0.29) is 5.91 Å². The van der Waals surface area contributed by atoms with Crippen molar-refractivity contribution in [1.29, 1.82) is 0 Å². The summed E-state index contributed by atoms with van der Waals surface area (Å²) < 4.78 is 10.5. The molecule has 2 heterocycles. The van der Waals surface area contributed by atoms with Crippen LogP contribution in [0.3, 0.4) is 0 Å². The number of pyridine rings is 1. The maximum Gasteiger partial charge on any atom is 0.259 e. The number of hydrogen-bond donors (Lipinski definition) is 1. The van der Waals surface area contributed by atoms with Gasteiger partial charge in [-0.3, -0.25) is 4.79 Å². The van der Waals surface area contributed by atoms with Crippen molar-refractivity contribution in [2.24, 2.45) is 0 Å². The number of thioether (sulfide) groups is 1. The standard InChI is InChI=1S/C22H24N4O3S/c1-28-18-10-7-15(8-11-18)21-25-22(29-26-21)16-9-12-20(23-13-16)30-14-19(27)24-17-5-3-2-4-6-17/h7-13,17H,2-6,14H2,1H3,(H,24,27). The van der Waals surface area contributed by atoms with E-state index in [4.69, 9.17) is 9.26 Å². The Labute approximate surface area is 179 Å². The molecule has 0 bridgehead atoms. The number of rotatable bonds is 7. The van der Waals surface area contributed by atoms with Gasteiger partial charge in [0.25, 0.3) is 5.89 Å². The number of amides is 1. The molecule has 30 heavy (non-hydrogen) atoms. The van der Waals surface area contributed by atoms with E-state index < -0.39 is 0 Å². The van der Waals surface area contributed by atoms with Crippen LogP contribution in [0.4, 0.5) is 0 Å². The van der Waals surface area contributed by atoms with E-state index in [2.05, 4.69) is 20.4 Å². The third-order valence-corrected chi connectivity index (χ3v) is 6.02. The first-order chi connectivity index (χ1) is 14.7. The molecule has 1 saturated carbocycles. The smallest absolute Gasteiger partial charge is 0.259 e. The number of carbonyl (C=O) groups is 1. The Kier molecular flexibility index (Phi) is 6.63. The Balaban J connectivity index is 1.33. The fraction of sp³-hybridized carbons (Fsp3) is 0.364. The van der Waals surface area contributed by atoms with E-state index in [1.165, 1.54) is 31.0 Å². The predicted octanol–water partition coefficient (Wildman–Crippen LogP) is 4.35. The minimum Gasteiger partial charge on any atom is -0.497 e. The Hall–Kier alpha value is -2.87. The lowest BCUT2D eigenvalue weighted by molar-refractivity contribution is -0.119. The molecule has 2 aromatic heterocycles. The van der Waals surface area contributed by atoms with Crippen LogP contribution < -0.4 is 10.1 Å². The summed E-state index contributed by atoms with van der Waals surface area (Å²) in [5, 5.41) is 7.95. The number of nitrogens with one attached hydrogen (secondary N) is 1. The van der Waals surface area contributed by atoms with Crippen LogP contribution >= 0.6 is 11.8 Å². The van der Waals surface area contributed by atoms with E-state index in [1.807, 2.05) is 36.4 Å². The minimum atomic E-state index is 0.0683. The zero-order chi connectivity index (χ0) is 20.8. The highest BCUT2D eigenvalue weighted by molar-refractivity contribution is 7.99. The second-order valence-electron chi connectivity index (χ2n) is 7.23. The quantitative estimate of drug-likeness (QED) is 0.564. The fourth-order valence-corrected chi connectivity index (χ4v) is 4.10. The molecule has 0 spiro atoms. The average Bonchev–Trinajstić information content (AvgIpc) is 3.29. The maximum absolute atomic E-state index is 12.1. The van der Waals surface area contributed by atoms with Crippen LogP contribution in [0.25, 0.3) is 22.8 Å². The summed E-state index contributed by atoms with van der Waals surface area (Å²) in [5.41, 5.74) is 1.58. The SMILES string of the molecule is COc1ccc(-c2noc(-c3ccc(SCC(=O)NC4CCCCC4)nc3)n2)cc1. The predicted molar refractivity (Wildman–Crippen MR) is 115 cm³/mol. The third kappa shape index (κ3) is 5.18. The highest BCUT2D eigenvalue weighted by atomic mass is 32.2. The van der Waals surface area contributed by atoms with Crippen LogP contribution in [0, 0.1) is 0 Å². The van der Waals surface area contributed by atoms with Crippen LogP contribution in [-0.2, 0) is 4.79 Å². The molecule has 0 aliphatic heterocycles. The third-order valence-electron chi connectivity index (χ3n) is 5.08. The summed E-state index contributed by atoms with van der Waals surface area (Å²) in [6, 6.07) is 11.5. The number of carbonyl (C=O) groups excluding carboxylic acids is 1. The van der Waals surface area contributed by atoms with Crippen molar-refractivity contribution in [2.45, 2.75) is 43.2 Å². The Morgan fingerprint density at radius 1 is 1.13 bits per heavy atom. The van der Waals surface area contributed by atoms with Gasteiger partial charge in [0.15, 0.2) is 0 Å². The number of ether oxygens (including phenoxy) is 1. The molecule has 0 unspecified atom stereocenters. The second-order valence-corrected chi connectivity index (χ2v) is 8.22. The minimum absolute atomic E-state index is 0.0683. The number of aromatic nitrogens is 3. The molecule has 8 heteroatoms. The maximum atomic E-state index is 12.1. The first-order valence-corrected chi connectivity index (χ1v) is 11.1. The highest BCUT2D eigenvalue weighted by Gasteiger charge is 2.16. The molecule has 1 aliphatic rings. The fourth-order valence-electron chi connectivity index (χ4n) is 3.45. The molecular weight excluding hydrogens is 400 g/mol. The zero-order valence-corrected chi connectivity index (χ0v) is 17.7. The zero-order valence-electron chi connectivity index (χ0n) is 16.8. The van der Waals surface area contributed by atoms with E-state index in [0.717, 1.165) is 34.7 Å². The van der Waals surface area contributed by atoms with Crippen LogP contribution in [0.2, 0.25) is 0 Å². The van der Waals surface area contributed by atoms with Crippen LogP contribution in [0.1, 0.15) is 32.1 Å². The number of nitrogens with zero attached hydrogens (tertiary/aromatic N) is 3. The van der Waals surface area contributed by atoms with Crippen molar-refractivity contribution >= 4 is 17.7 Å². The van der Waals surface area contributed by atoms with Gasteiger partial charge >= 0.3 is 0 Å². The van der Waals surface area contributed by atoms with E-state index in [9.17, 15) is 4.79 Å². The average molecular weight is 425 g/mol. The van der Waals surface area contributed by atoms with Crippen molar-refractivity contribution in [3.05, 3.63) is 42.6 Å². The van der Waals surface area contributed by atoms with Gasteiger partial charge in [-0.1, -0.05) is 36.2 Å². The molecule has 1 amide bonds. The molecule has 3 aromatic rings. The summed E-state index contributed by atoms with van der Waals surface area (Å²) in [6.07, 6.45) is 7.55. The van der Waals surface area contributed by atoms with Gasteiger partial charge in [0.2, 0.25) is 11.7 Å². The molecule has 0 radical (unpaired) electrons. The number of benzene rings is 1. The van der Waals surface area contributed by atoms with Crippen molar-refractivity contribution < 1.29 is 14.1 Å². The Morgan fingerprint density at radius 2 is 1.90 bits per heavy atom. The topological polar surface area (TPSA) is 90.1 Å². The van der Waals surface area contributed by atoms with Gasteiger partial charge in [-0.2, -0.15) is 4.98 Å². The molecule has 156 valence electrons. The molecule has 4 rings (SSSR count). The monoisotopic (exact) mass is 424 g/mol. The van der Waals surface area contributed by atoms with Crippen molar-refractivity contribution in [3.8, 4) is 28.6 Å². The van der Waals surface area contributed by atoms with Gasteiger partial charge in [-0.05, 0) is 49.2 Å². The van der Waals surface area contributed by atoms with Gasteiger partial charge in [0.1, 0.15) is 5.75 Å².